The number of phenols is 6. The van der Waals surface area contributed by atoms with Gasteiger partial charge in [-0.05, 0) is 41.6 Å². The molecular formula is C21H15N3O6. The zero-order valence-corrected chi connectivity index (χ0v) is 15.2. The lowest BCUT2D eigenvalue weighted by Gasteiger charge is -2.17. The van der Waals surface area contributed by atoms with Gasteiger partial charge in [0, 0.05) is 5.56 Å². The van der Waals surface area contributed by atoms with Gasteiger partial charge in [-0.3, -0.25) is 0 Å². The first-order valence-corrected chi connectivity index (χ1v) is 8.67. The monoisotopic (exact) mass is 405 g/mol. The summed E-state index contributed by atoms with van der Waals surface area (Å²) in [6, 6.07) is 12.1. The van der Waals surface area contributed by atoms with E-state index in [9.17, 15) is 30.6 Å². The first-order valence-electron chi connectivity index (χ1n) is 8.67. The summed E-state index contributed by atoms with van der Waals surface area (Å²) in [5.74, 6) is -2.12. The molecule has 0 fully saturated rings. The third kappa shape index (κ3) is 2.94. The van der Waals surface area contributed by atoms with Crippen molar-refractivity contribution in [3.05, 3.63) is 54.6 Å². The number of aromatic nitrogens is 3. The Morgan fingerprint density at radius 1 is 0.400 bits per heavy atom. The molecule has 3 aromatic carbocycles. The molecule has 4 aromatic rings. The molecule has 0 aliphatic carbocycles. The van der Waals surface area contributed by atoms with Crippen LogP contribution in [0.3, 0.4) is 0 Å². The van der Waals surface area contributed by atoms with Crippen molar-refractivity contribution in [2.24, 2.45) is 0 Å². The number of phenolic OH excluding ortho intramolecular Hbond substituents is 6. The first-order chi connectivity index (χ1) is 14.4. The molecule has 4 rings (SSSR count). The Morgan fingerprint density at radius 2 is 0.700 bits per heavy atom. The van der Waals surface area contributed by atoms with Crippen molar-refractivity contribution in [2.75, 3.05) is 0 Å². The lowest BCUT2D eigenvalue weighted by Crippen LogP contribution is -2.01. The van der Waals surface area contributed by atoms with Crippen LogP contribution in [-0.4, -0.2) is 46.0 Å². The molecule has 0 saturated carbocycles. The van der Waals surface area contributed by atoms with Crippen LogP contribution in [0.5, 0.6) is 34.5 Å². The quantitative estimate of drug-likeness (QED) is 0.301. The Morgan fingerprint density at radius 3 is 1.03 bits per heavy atom. The third-order valence-electron chi connectivity index (χ3n) is 4.55. The number of benzene rings is 3. The summed E-state index contributed by atoms with van der Waals surface area (Å²) in [5, 5.41) is 73.8. The molecule has 0 atom stereocenters. The van der Waals surface area contributed by atoms with E-state index >= 15 is 0 Å². The molecule has 0 spiro atoms. The molecule has 0 aliphatic rings. The fraction of sp³-hybridized carbons (Fsp3) is 0. The van der Waals surface area contributed by atoms with E-state index in [1.165, 1.54) is 54.6 Å². The minimum Gasteiger partial charge on any atom is -0.507 e. The van der Waals surface area contributed by atoms with E-state index in [2.05, 4.69) is 15.4 Å². The molecule has 0 bridgehead atoms. The van der Waals surface area contributed by atoms with Gasteiger partial charge < -0.3 is 30.6 Å². The highest BCUT2D eigenvalue weighted by Crippen LogP contribution is 2.50. The lowest BCUT2D eigenvalue weighted by atomic mass is 9.92. The second-order valence-electron chi connectivity index (χ2n) is 6.38. The predicted molar refractivity (Wildman–Crippen MR) is 106 cm³/mol. The molecule has 0 saturated heterocycles. The Labute approximate surface area is 169 Å². The van der Waals surface area contributed by atoms with Crippen molar-refractivity contribution in [1.82, 2.24) is 15.4 Å². The maximum absolute atomic E-state index is 10.5. The average molecular weight is 405 g/mol. The molecule has 9 nitrogen and oxygen atoms in total. The van der Waals surface area contributed by atoms with Crippen molar-refractivity contribution in [3.8, 4) is 68.1 Å². The van der Waals surface area contributed by atoms with Crippen molar-refractivity contribution < 1.29 is 30.6 Å². The predicted octanol–water partition coefficient (Wildman–Crippen LogP) is 3.11. The number of rotatable bonds is 3. The second kappa shape index (κ2) is 7.13. The Hall–Kier alpha value is -4.53. The standard InChI is InChI=1S/C21H15N3O6/c25-10-4-1-5-11(26)16(10)19-20(17-12(27)6-2-7-13(17)28)22-24-23-21(19)18-14(29)8-3-9-15(18)30/h1-9,25-30H. The molecule has 9 heteroatoms. The number of hydrogen-bond donors (Lipinski definition) is 6. The number of nitrogens with zero attached hydrogens (tertiary/aromatic N) is 3. The van der Waals surface area contributed by atoms with Crippen LogP contribution in [0.15, 0.2) is 54.6 Å². The Kier molecular flexibility index (Phi) is 4.47. The topological polar surface area (TPSA) is 160 Å². The Balaban J connectivity index is 2.20. The maximum Gasteiger partial charge on any atom is 0.128 e. The summed E-state index contributed by atoms with van der Waals surface area (Å²) in [5.41, 5.74) is -0.781. The summed E-state index contributed by atoms with van der Waals surface area (Å²) >= 11 is 0. The molecule has 30 heavy (non-hydrogen) atoms. The van der Waals surface area contributed by atoms with Gasteiger partial charge in [-0.2, -0.15) is 0 Å². The van der Waals surface area contributed by atoms with Crippen molar-refractivity contribution in [1.29, 1.82) is 0 Å². The van der Waals surface area contributed by atoms with E-state index in [0.29, 0.717) is 0 Å². The summed E-state index contributed by atoms with van der Waals surface area (Å²) in [4.78, 5) is 0. The van der Waals surface area contributed by atoms with Gasteiger partial charge in [0.2, 0.25) is 0 Å². The largest absolute Gasteiger partial charge is 0.507 e. The summed E-state index contributed by atoms with van der Waals surface area (Å²) in [7, 11) is 0. The second-order valence-corrected chi connectivity index (χ2v) is 6.38. The SMILES string of the molecule is Oc1cccc(O)c1-c1nnnc(-c2c(O)cccc2O)c1-c1c(O)cccc1O. The molecule has 1 heterocycles. The van der Waals surface area contributed by atoms with E-state index in [1.54, 1.807) is 0 Å². The van der Waals surface area contributed by atoms with Gasteiger partial charge in [0.05, 0.1) is 16.7 Å². The van der Waals surface area contributed by atoms with Crippen molar-refractivity contribution >= 4 is 0 Å². The summed E-state index contributed by atoms with van der Waals surface area (Å²) in [6.45, 7) is 0. The van der Waals surface area contributed by atoms with E-state index in [4.69, 9.17) is 0 Å². The highest BCUT2D eigenvalue weighted by Gasteiger charge is 2.28. The number of hydrogen-bond acceptors (Lipinski definition) is 9. The van der Waals surface area contributed by atoms with E-state index in [1.807, 2.05) is 0 Å². The minimum absolute atomic E-state index is 0.0748. The van der Waals surface area contributed by atoms with Crippen molar-refractivity contribution in [3.63, 3.8) is 0 Å². The third-order valence-corrected chi connectivity index (χ3v) is 4.55. The molecule has 1 aromatic heterocycles. The molecule has 6 N–H and O–H groups in total. The minimum atomic E-state index is -0.364. The Bertz CT molecular complexity index is 1150. The van der Waals surface area contributed by atoms with E-state index in [0.717, 1.165) is 0 Å². The van der Waals surface area contributed by atoms with Crippen LogP contribution in [0.25, 0.3) is 33.6 Å². The maximum atomic E-state index is 10.5. The smallest absolute Gasteiger partial charge is 0.128 e. The fourth-order valence-corrected chi connectivity index (χ4v) is 3.24. The highest BCUT2D eigenvalue weighted by molar-refractivity contribution is 5.98. The average Bonchev–Trinajstić information content (AvgIpc) is 2.69. The van der Waals surface area contributed by atoms with Crippen LogP contribution in [0.2, 0.25) is 0 Å². The zero-order valence-electron chi connectivity index (χ0n) is 15.2. The van der Waals surface area contributed by atoms with Gasteiger partial charge in [0.1, 0.15) is 45.9 Å². The molecular weight excluding hydrogens is 390 g/mol. The molecule has 150 valence electrons. The molecule has 0 unspecified atom stereocenters. The van der Waals surface area contributed by atoms with Crippen LogP contribution >= 0.6 is 0 Å². The van der Waals surface area contributed by atoms with Crippen molar-refractivity contribution in [2.45, 2.75) is 0 Å². The van der Waals surface area contributed by atoms with Gasteiger partial charge in [-0.1, -0.05) is 18.2 Å². The van der Waals surface area contributed by atoms with E-state index in [-0.39, 0.29) is 68.1 Å². The normalized spacial score (nSPS) is 10.8. The first kappa shape index (κ1) is 18.8. The zero-order chi connectivity index (χ0) is 21.4. The van der Waals surface area contributed by atoms with Crippen LogP contribution in [0.1, 0.15) is 0 Å². The number of aromatic hydroxyl groups is 6. The molecule has 0 amide bonds. The van der Waals surface area contributed by atoms with Gasteiger partial charge in [0.15, 0.2) is 0 Å². The molecule has 0 aliphatic heterocycles. The molecule has 0 radical (unpaired) electrons. The van der Waals surface area contributed by atoms with Gasteiger partial charge >= 0.3 is 0 Å². The van der Waals surface area contributed by atoms with E-state index < -0.39 is 0 Å². The van der Waals surface area contributed by atoms with Crippen LogP contribution in [0, 0.1) is 0 Å². The van der Waals surface area contributed by atoms with Crippen LogP contribution < -0.4 is 0 Å². The highest BCUT2D eigenvalue weighted by atomic mass is 16.3. The lowest BCUT2D eigenvalue weighted by molar-refractivity contribution is 0.450. The van der Waals surface area contributed by atoms with Crippen LogP contribution in [0.4, 0.5) is 0 Å². The van der Waals surface area contributed by atoms with Crippen LogP contribution in [-0.2, 0) is 0 Å². The summed E-state index contributed by atoms with van der Waals surface area (Å²) < 4.78 is 0. The summed E-state index contributed by atoms with van der Waals surface area (Å²) in [6.07, 6.45) is 0. The fourth-order valence-electron chi connectivity index (χ4n) is 3.24. The van der Waals surface area contributed by atoms with Gasteiger partial charge in [-0.25, -0.2) is 0 Å². The van der Waals surface area contributed by atoms with Gasteiger partial charge in [0.25, 0.3) is 0 Å². The van der Waals surface area contributed by atoms with Gasteiger partial charge in [-0.15, -0.1) is 10.2 Å².